The molecule has 1 fully saturated rings. The summed E-state index contributed by atoms with van der Waals surface area (Å²) in [7, 11) is 0. The SMILES string of the molecule is CC(=O)C1CC1(C)C(C)(C)C. The average molecular weight is 154 g/mol. The molecular formula is C10H18O. The van der Waals surface area contributed by atoms with E-state index in [4.69, 9.17) is 0 Å². The molecule has 1 aliphatic rings. The van der Waals surface area contributed by atoms with Crippen LogP contribution in [0.2, 0.25) is 0 Å². The van der Waals surface area contributed by atoms with Crippen molar-refractivity contribution in [3.05, 3.63) is 0 Å². The maximum absolute atomic E-state index is 11.1. The molecule has 0 aromatic rings. The zero-order chi connectivity index (χ0) is 8.86. The van der Waals surface area contributed by atoms with Crippen LogP contribution in [0.3, 0.4) is 0 Å². The summed E-state index contributed by atoms with van der Waals surface area (Å²) >= 11 is 0. The highest BCUT2D eigenvalue weighted by Gasteiger charge is 2.59. The molecule has 2 unspecified atom stereocenters. The molecule has 0 aromatic carbocycles. The zero-order valence-electron chi connectivity index (χ0n) is 8.19. The van der Waals surface area contributed by atoms with Crippen LogP contribution >= 0.6 is 0 Å². The number of carbonyl (C=O) groups is 1. The average Bonchev–Trinajstić information content (AvgIpc) is 2.40. The summed E-state index contributed by atoms with van der Waals surface area (Å²) in [6, 6.07) is 0. The van der Waals surface area contributed by atoms with Crippen molar-refractivity contribution in [2.45, 2.75) is 41.0 Å². The second-order valence-electron chi connectivity index (χ2n) is 5.03. The molecule has 1 nitrogen and oxygen atoms in total. The van der Waals surface area contributed by atoms with E-state index >= 15 is 0 Å². The van der Waals surface area contributed by atoms with Gasteiger partial charge in [0, 0.05) is 5.92 Å². The van der Waals surface area contributed by atoms with Gasteiger partial charge in [0.1, 0.15) is 5.78 Å². The van der Waals surface area contributed by atoms with E-state index in [9.17, 15) is 4.79 Å². The van der Waals surface area contributed by atoms with E-state index in [0.717, 1.165) is 6.42 Å². The Hall–Kier alpha value is -0.330. The lowest BCUT2D eigenvalue weighted by Gasteiger charge is -2.28. The Kier molecular flexibility index (Phi) is 1.66. The molecule has 0 radical (unpaired) electrons. The minimum absolute atomic E-state index is 0.277. The molecular weight excluding hydrogens is 136 g/mol. The number of Topliss-reactive ketones (excluding diaryl/α,β-unsaturated/α-hetero) is 1. The van der Waals surface area contributed by atoms with E-state index in [0.29, 0.717) is 11.7 Å². The Balaban J connectivity index is 2.70. The number of rotatable bonds is 1. The lowest BCUT2D eigenvalue weighted by atomic mass is 9.77. The Morgan fingerprint density at radius 1 is 1.45 bits per heavy atom. The van der Waals surface area contributed by atoms with Crippen molar-refractivity contribution in [3.8, 4) is 0 Å². The van der Waals surface area contributed by atoms with Gasteiger partial charge in [-0.3, -0.25) is 4.79 Å². The topological polar surface area (TPSA) is 17.1 Å². The number of ketones is 1. The molecule has 0 spiro atoms. The van der Waals surface area contributed by atoms with Crippen molar-refractivity contribution < 1.29 is 4.79 Å². The summed E-state index contributed by atoms with van der Waals surface area (Å²) in [5.41, 5.74) is 0.558. The van der Waals surface area contributed by atoms with E-state index in [1.807, 2.05) is 0 Å². The van der Waals surface area contributed by atoms with Gasteiger partial charge in [-0.15, -0.1) is 0 Å². The van der Waals surface area contributed by atoms with E-state index in [2.05, 4.69) is 27.7 Å². The lowest BCUT2D eigenvalue weighted by Crippen LogP contribution is -2.22. The molecule has 1 heteroatoms. The molecule has 2 atom stereocenters. The zero-order valence-corrected chi connectivity index (χ0v) is 8.19. The Morgan fingerprint density at radius 2 is 1.91 bits per heavy atom. The normalized spacial score (nSPS) is 37.0. The van der Waals surface area contributed by atoms with Crippen molar-refractivity contribution in [2.24, 2.45) is 16.7 Å². The minimum atomic E-state index is 0.277. The van der Waals surface area contributed by atoms with Crippen LogP contribution in [0.5, 0.6) is 0 Å². The maximum Gasteiger partial charge on any atom is 0.133 e. The minimum Gasteiger partial charge on any atom is -0.300 e. The maximum atomic E-state index is 11.1. The fraction of sp³-hybridized carbons (Fsp3) is 0.900. The van der Waals surface area contributed by atoms with Crippen LogP contribution in [0.4, 0.5) is 0 Å². The van der Waals surface area contributed by atoms with Gasteiger partial charge in [-0.1, -0.05) is 27.7 Å². The Bertz CT molecular complexity index is 188. The summed E-state index contributed by atoms with van der Waals surface area (Å²) in [5.74, 6) is 0.699. The van der Waals surface area contributed by atoms with Gasteiger partial charge in [-0.05, 0) is 24.2 Å². The first-order chi connectivity index (χ1) is 4.79. The van der Waals surface area contributed by atoms with Crippen LogP contribution in [0, 0.1) is 16.7 Å². The van der Waals surface area contributed by atoms with Crippen LogP contribution in [-0.4, -0.2) is 5.78 Å². The van der Waals surface area contributed by atoms with Crippen molar-refractivity contribution in [3.63, 3.8) is 0 Å². The molecule has 0 saturated heterocycles. The van der Waals surface area contributed by atoms with E-state index in [1.165, 1.54) is 0 Å². The lowest BCUT2D eigenvalue weighted by molar-refractivity contribution is -0.119. The highest BCUT2D eigenvalue weighted by molar-refractivity contribution is 5.82. The van der Waals surface area contributed by atoms with Crippen molar-refractivity contribution in [1.29, 1.82) is 0 Å². The van der Waals surface area contributed by atoms with Crippen molar-refractivity contribution >= 4 is 5.78 Å². The number of carbonyl (C=O) groups excluding carboxylic acids is 1. The first kappa shape index (κ1) is 8.76. The van der Waals surface area contributed by atoms with Gasteiger partial charge in [0.25, 0.3) is 0 Å². The summed E-state index contributed by atoms with van der Waals surface area (Å²) in [5, 5.41) is 0. The predicted molar refractivity (Wildman–Crippen MR) is 46.4 cm³/mol. The Morgan fingerprint density at radius 3 is 2.00 bits per heavy atom. The quantitative estimate of drug-likeness (QED) is 0.567. The summed E-state index contributed by atoms with van der Waals surface area (Å²) in [4.78, 5) is 11.1. The third kappa shape index (κ3) is 1.21. The van der Waals surface area contributed by atoms with Crippen molar-refractivity contribution in [1.82, 2.24) is 0 Å². The highest BCUT2D eigenvalue weighted by atomic mass is 16.1. The van der Waals surface area contributed by atoms with Gasteiger partial charge >= 0.3 is 0 Å². The molecule has 64 valence electrons. The van der Waals surface area contributed by atoms with E-state index in [-0.39, 0.29) is 10.8 Å². The van der Waals surface area contributed by atoms with Gasteiger partial charge < -0.3 is 0 Å². The van der Waals surface area contributed by atoms with Gasteiger partial charge in [-0.25, -0.2) is 0 Å². The molecule has 1 aliphatic carbocycles. The second-order valence-corrected chi connectivity index (χ2v) is 5.03. The van der Waals surface area contributed by atoms with Gasteiger partial charge in [0.05, 0.1) is 0 Å². The third-order valence-electron chi connectivity index (χ3n) is 3.44. The molecule has 1 rings (SSSR count). The van der Waals surface area contributed by atoms with Crippen LogP contribution in [0.15, 0.2) is 0 Å². The summed E-state index contributed by atoms with van der Waals surface area (Å²) in [6.07, 6.45) is 1.09. The third-order valence-corrected chi connectivity index (χ3v) is 3.44. The predicted octanol–water partition coefficient (Wildman–Crippen LogP) is 2.65. The Labute approximate surface area is 69.2 Å². The molecule has 0 amide bonds. The molecule has 0 bridgehead atoms. The van der Waals surface area contributed by atoms with Crippen LogP contribution in [0.1, 0.15) is 41.0 Å². The summed E-state index contributed by atoms with van der Waals surface area (Å²) in [6.45, 7) is 10.6. The molecule has 0 aromatic heterocycles. The highest BCUT2D eigenvalue weighted by Crippen LogP contribution is 2.63. The monoisotopic (exact) mass is 154 g/mol. The first-order valence-electron chi connectivity index (χ1n) is 4.29. The van der Waals surface area contributed by atoms with Gasteiger partial charge in [0.15, 0.2) is 0 Å². The second kappa shape index (κ2) is 2.09. The molecule has 11 heavy (non-hydrogen) atoms. The standard InChI is InChI=1S/C10H18O/c1-7(11)8-6-10(8,5)9(2,3)4/h8H,6H2,1-5H3. The molecule has 1 saturated carbocycles. The van der Waals surface area contributed by atoms with Crippen LogP contribution in [0.25, 0.3) is 0 Å². The molecule has 0 N–H and O–H groups in total. The van der Waals surface area contributed by atoms with Crippen molar-refractivity contribution in [2.75, 3.05) is 0 Å². The smallest absolute Gasteiger partial charge is 0.133 e. The van der Waals surface area contributed by atoms with Crippen LogP contribution in [-0.2, 0) is 4.79 Å². The largest absolute Gasteiger partial charge is 0.300 e. The molecule has 0 aliphatic heterocycles. The van der Waals surface area contributed by atoms with Gasteiger partial charge in [-0.2, -0.15) is 0 Å². The number of hydrogen-bond acceptors (Lipinski definition) is 1. The number of hydrogen-bond donors (Lipinski definition) is 0. The first-order valence-corrected chi connectivity index (χ1v) is 4.29. The summed E-state index contributed by atoms with van der Waals surface area (Å²) < 4.78 is 0. The fourth-order valence-corrected chi connectivity index (χ4v) is 1.79. The van der Waals surface area contributed by atoms with Crippen LogP contribution < -0.4 is 0 Å². The van der Waals surface area contributed by atoms with Gasteiger partial charge in [0.2, 0.25) is 0 Å². The van der Waals surface area contributed by atoms with E-state index in [1.54, 1.807) is 6.92 Å². The van der Waals surface area contributed by atoms with E-state index < -0.39 is 0 Å². The fourth-order valence-electron chi connectivity index (χ4n) is 1.79. The molecule has 0 heterocycles.